The highest BCUT2D eigenvalue weighted by Crippen LogP contribution is 2.24. The molecule has 0 bridgehead atoms. The Balaban J connectivity index is 3.06. The van der Waals surface area contributed by atoms with Crippen molar-refractivity contribution in [2.45, 2.75) is 13.0 Å². The zero-order valence-corrected chi connectivity index (χ0v) is 9.89. The molecule has 0 saturated heterocycles. The summed E-state index contributed by atoms with van der Waals surface area (Å²) in [6.45, 7) is 1.53. The Labute approximate surface area is 97.8 Å². The maximum atomic E-state index is 10.8. The summed E-state index contributed by atoms with van der Waals surface area (Å²) in [5.74, 6) is -0.639. The highest BCUT2D eigenvalue weighted by atomic mass is 35.5. The van der Waals surface area contributed by atoms with Crippen molar-refractivity contribution in [1.82, 2.24) is 9.97 Å². The minimum absolute atomic E-state index is 0.142. The molecule has 0 fully saturated rings. The van der Waals surface area contributed by atoms with Gasteiger partial charge in [-0.15, -0.1) is 0 Å². The van der Waals surface area contributed by atoms with Gasteiger partial charge in [0.25, 0.3) is 0 Å². The van der Waals surface area contributed by atoms with Crippen molar-refractivity contribution in [3.05, 3.63) is 11.2 Å². The Morgan fingerprint density at radius 1 is 1.69 bits per heavy atom. The van der Waals surface area contributed by atoms with E-state index in [1.54, 1.807) is 7.05 Å². The molecule has 0 saturated carbocycles. The number of aliphatic carboxylic acids is 1. The standard InChI is InChI=1S/C9H12ClN3O3/c1-5(8(14)15)13(2)7-6(10)4-11-9(12-7)16-3/h4-5H,1-3H3,(H,14,15). The number of rotatable bonds is 4. The van der Waals surface area contributed by atoms with Crippen molar-refractivity contribution >= 4 is 23.4 Å². The number of carboxylic acids is 1. The number of halogens is 1. The minimum Gasteiger partial charge on any atom is -0.480 e. The van der Waals surface area contributed by atoms with E-state index in [9.17, 15) is 4.79 Å². The molecular weight excluding hydrogens is 234 g/mol. The van der Waals surface area contributed by atoms with Crippen LogP contribution in [-0.2, 0) is 4.79 Å². The summed E-state index contributed by atoms with van der Waals surface area (Å²) in [4.78, 5) is 20.1. The molecular formula is C9H12ClN3O3. The van der Waals surface area contributed by atoms with Crippen LogP contribution in [0.25, 0.3) is 0 Å². The highest BCUT2D eigenvalue weighted by molar-refractivity contribution is 6.32. The number of hydrogen-bond donors (Lipinski definition) is 1. The second-order valence-electron chi connectivity index (χ2n) is 3.15. The average molecular weight is 246 g/mol. The van der Waals surface area contributed by atoms with Crippen LogP contribution in [0.5, 0.6) is 6.01 Å². The van der Waals surface area contributed by atoms with Crippen LogP contribution < -0.4 is 9.64 Å². The number of hydrogen-bond acceptors (Lipinski definition) is 5. The SMILES string of the molecule is COc1ncc(Cl)c(N(C)C(C)C(=O)O)n1. The molecule has 1 atom stereocenters. The summed E-state index contributed by atoms with van der Waals surface area (Å²) < 4.78 is 4.85. The van der Waals surface area contributed by atoms with E-state index < -0.39 is 12.0 Å². The van der Waals surface area contributed by atoms with E-state index >= 15 is 0 Å². The summed E-state index contributed by atoms with van der Waals surface area (Å²) >= 11 is 5.88. The Morgan fingerprint density at radius 2 is 2.31 bits per heavy atom. The lowest BCUT2D eigenvalue weighted by Crippen LogP contribution is -2.36. The number of likely N-dealkylation sites (N-methyl/N-ethyl adjacent to an activating group) is 1. The first kappa shape index (κ1) is 12.5. The zero-order chi connectivity index (χ0) is 12.3. The topological polar surface area (TPSA) is 75.5 Å². The smallest absolute Gasteiger partial charge is 0.326 e. The molecule has 6 nitrogen and oxygen atoms in total. The zero-order valence-electron chi connectivity index (χ0n) is 9.14. The van der Waals surface area contributed by atoms with Crippen LogP contribution in [0.1, 0.15) is 6.92 Å². The van der Waals surface area contributed by atoms with Crippen molar-refractivity contribution in [2.24, 2.45) is 0 Å². The summed E-state index contributed by atoms with van der Waals surface area (Å²) in [6, 6.07) is -0.596. The summed E-state index contributed by atoms with van der Waals surface area (Å²) in [5, 5.41) is 9.15. The van der Waals surface area contributed by atoms with Gasteiger partial charge in [-0.1, -0.05) is 11.6 Å². The fraction of sp³-hybridized carbons (Fsp3) is 0.444. The van der Waals surface area contributed by atoms with Crippen LogP contribution in [0.15, 0.2) is 6.20 Å². The van der Waals surface area contributed by atoms with Gasteiger partial charge in [0.1, 0.15) is 11.1 Å². The van der Waals surface area contributed by atoms with Crippen molar-refractivity contribution in [3.63, 3.8) is 0 Å². The van der Waals surface area contributed by atoms with Gasteiger partial charge in [-0.05, 0) is 6.92 Å². The van der Waals surface area contributed by atoms with Gasteiger partial charge < -0.3 is 14.7 Å². The van der Waals surface area contributed by atoms with Gasteiger partial charge in [-0.2, -0.15) is 4.98 Å². The first-order valence-electron chi connectivity index (χ1n) is 4.49. The molecule has 1 aromatic rings. The number of aromatic nitrogens is 2. The lowest BCUT2D eigenvalue weighted by Gasteiger charge is -2.23. The molecule has 1 aromatic heterocycles. The van der Waals surface area contributed by atoms with Crippen LogP contribution in [0.3, 0.4) is 0 Å². The fourth-order valence-electron chi connectivity index (χ4n) is 1.04. The second-order valence-corrected chi connectivity index (χ2v) is 3.56. The normalized spacial score (nSPS) is 12.0. The maximum Gasteiger partial charge on any atom is 0.326 e. The van der Waals surface area contributed by atoms with Crippen molar-refractivity contribution in [1.29, 1.82) is 0 Å². The predicted octanol–water partition coefficient (Wildman–Crippen LogP) is 1.05. The number of anilines is 1. The van der Waals surface area contributed by atoms with Crippen LogP contribution in [0.2, 0.25) is 5.02 Å². The number of ether oxygens (including phenoxy) is 1. The fourth-order valence-corrected chi connectivity index (χ4v) is 1.26. The third-order valence-electron chi connectivity index (χ3n) is 2.16. The molecule has 0 spiro atoms. The van der Waals surface area contributed by atoms with E-state index in [-0.39, 0.29) is 11.0 Å². The van der Waals surface area contributed by atoms with Gasteiger partial charge >= 0.3 is 12.0 Å². The predicted molar refractivity (Wildman–Crippen MR) is 59.1 cm³/mol. The van der Waals surface area contributed by atoms with E-state index in [0.717, 1.165) is 0 Å². The largest absolute Gasteiger partial charge is 0.480 e. The molecule has 1 N–H and O–H groups in total. The number of carboxylic acid groups (broad SMARTS) is 1. The number of nitrogens with zero attached hydrogens (tertiary/aromatic N) is 3. The van der Waals surface area contributed by atoms with Crippen molar-refractivity contribution in [3.8, 4) is 6.01 Å². The average Bonchev–Trinajstić information content (AvgIpc) is 2.27. The van der Waals surface area contributed by atoms with Gasteiger partial charge in [0.2, 0.25) is 0 Å². The van der Waals surface area contributed by atoms with Gasteiger partial charge in [-0.25, -0.2) is 9.78 Å². The van der Waals surface area contributed by atoms with Crippen LogP contribution in [0.4, 0.5) is 5.82 Å². The molecule has 7 heteroatoms. The van der Waals surface area contributed by atoms with E-state index in [2.05, 4.69) is 9.97 Å². The quantitative estimate of drug-likeness (QED) is 0.855. The van der Waals surface area contributed by atoms with E-state index in [4.69, 9.17) is 21.4 Å². The molecule has 0 aliphatic heterocycles. The first-order valence-corrected chi connectivity index (χ1v) is 4.87. The highest BCUT2D eigenvalue weighted by Gasteiger charge is 2.21. The summed E-state index contributed by atoms with van der Waals surface area (Å²) in [6.07, 6.45) is 1.37. The third-order valence-corrected chi connectivity index (χ3v) is 2.43. The Bertz CT molecular complexity index is 400. The van der Waals surface area contributed by atoms with Gasteiger partial charge in [0, 0.05) is 7.05 Å². The molecule has 0 aliphatic carbocycles. The van der Waals surface area contributed by atoms with Crippen LogP contribution in [-0.4, -0.2) is 41.2 Å². The van der Waals surface area contributed by atoms with Gasteiger partial charge in [0.15, 0.2) is 5.82 Å². The lowest BCUT2D eigenvalue weighted by molar-refractivity contribution is -0.138. The molecule has 0 aromatic carbocycles. The van der Waals surface area contributed by atoms with Crippen LogP contribution in [0, 0.1) is 0 Å². The van der Waals surface area contributed by atoms with Crippen molar-refractivity contribution in [2.75, 3.05) is 19.1 Å². The van der Waals surface area contributed by atoms with E-state index in [1.807, 2.05) is 0 Å². The van der Waals surface area contributed by atoms with E-state index in [0.29, 0.717) is 5.82 Å². The van der Waals surface area contributed by atoms with E-state index in [1.165, 1.54) is 25.1 Å². The van der Waals surface area contributed by atoms with Crippen LogP contribution >= 0.6 is 11.6 Å². The van der Waals surface area contributed by atoms with Gasteiger partial charge in [0.05, 0.1) is 13.3 Å². The molecule has 1 rings (SSSR count). The Kier molecular flexibility index (Phi) is 3.89. The number of methoxy groups -OCH3 is 1. The maximum absolute atomic E-state index is 10.8. The monoisotopic (exact) mass is 245 g/mol. The minimum atomic E-state index is -0.962. The molecule has 0 aliphatic rings. The third kappa shape index (κ3) is 2.52. The lowest BCUT2D eigenvalue weighted by atomic mass is 10.3. The van der Waals surface area contributed by atoms with Crippen molar-refractivity contribution < 1.29 is 14.6 Å². The first-order chi connectivity index (χ1) is 7.47. The molecule has 1 heterocycles. The molecule has 16 heavy (non-hydrogen) atoms. The molecule has 0 radical (unpaired) electrons. The summed E-state index contributed by atoms with van der Waals surface area (Å²) in [5.41, 5.74) is 0. The number of carbonyl (C=O) groups is 1. The van der Waals surface area contributed by atoms with Gasteiger partial charge in [-0.3, -0.25) is 0 Å². The Hall–Kier alpha value is -1.56. The second kappa shape index (κ2) is 4.98. The molecule has 88 valence electrons. The Morgan fingerprint density at radius 3 is 2.81 bits per heavy atom. The molecule has 1 unspecified atom stereocenters. The summed E-state index contributed by atoms with van der Waals surface area (Å²) in [7, 11) is 3.01. The molecule has 0 amide bonds.